The van der Waals surface area contributed by atoms with Crippen LogP contribution < -0.4 is 10.6 Å². The molecule has 1 unspecified atom stereocenters. The molecule has 7 nitrogen and oxygen atoms in total. The van der Waals surface area contributed by atoms with Gasteiger partial charge >= 0.3 is 0 Å². The first-order chi connectivity index (χ1) is 12.5. The summed E-state index contributed by atoms with van der Waals surface area (Å²) in [7, 11) is 0. The van der Waals surface area contributed by atoms with E-state index in [-0.39, 0.29) is 11.6 Å². The molecule has 0 aliphatic carbocycles. The zero-order chi connectivity index (χ0) is 18.5. The first-order valence-electron chi connectivity index (χ1n) is 8.24. The van der Waals surface area contributed by atoms with Gasteiger partial charge in [-0.3, -0.25) is 4.99 Å². The van der Waals surface area contributed by atoms with Gasteiger partial charge in [-0.15, -0.1) is 0 Å². The Balaban J connectivity index is 1.54. The number of nitrogens with two attached hydrogens (primary N) is 1. The van der Waals surface area contributed by atoms with Crippen molar-refractivity contribution in [1.82, 2.24) is 14.9 Å². The number of benzene rings is 1. The van der Waals surface area contributed by atoms with Gasteiger partial charge in [-0.05, 0) is 23.8 Å². The number of nitrogens with zero attached hydrogens (tertiary/aromatic N) is 5. The average molecular weight is 379 g/mol. The fourth-order valence-electron chi connectivity index (χ4n) is 2.70. The molecule has 1 aliphatic rings. The van der Waals surface area contributed by atoms with Gasteiger partial charge in [0.15, 0.2) is 5.96 Å². The van der Waals surface area contributed by atoms with Gasteiger partial charge in [-0.25, -0.2) is 14.4 Å². The van der Waals surface area contributed by atoms with Gasteiger partial charge in [0.05, 0.1) is 17.7 Å². The van der Waals surface area contributed by atoms with Gasteiger partial charge in [-0.2, -0.15) is 0 Å². The van der Waals surface area contributed by atoms with E-state index >= 15 is 0 Å². The topological polar surface area (TPSA) is 90.9 Å². The monoisotopic (exact) mass is 378 g/mol. The lowest BCUT2D eigenvalue weighted by Crippen LogP contribution is -2.51. The van der Waals surface area contributed by atoms with Crippen LogP contribution in [0, 0.1) is 5.82 Å². The molecule has 1 aromatic heterocycles. The highest BCUT2D eigenvalue weighted by molar-refractivity contribution is 6.30. The first-order valence-corrected chi connectivity index (χ1v) is 8.62. The summed E-state index contributed by atoms with van der Waals surface area (Å²) in [6.07, 6.45) is 2.48. The fraction of sp³-hybridized carbons (Fsp3) is 0.353. The van der Waals surface area contributed by atoms with Gasteiger partial charge in [0.25, 0.3) is 0 Å². The van der Waals surface area contributed by atoms with Crippen molar-refractivity contribution in [3.63, 3.8) is 0 Å². The Morgan fingerprint density at radius 2 is 1.96 bits per heavy atom. The third kappa shape index (κ3) is 4.39. The quantitative estimate of drug-likeness (QED) is 0.618. The summed E-state index contributed by atoms with van der Waals surface area (Å²) in [5.74, 6) is 0.481. The Morgan fingerprint density at radius 3 is 2.62 bits per heavy atom. The number of anilines is 1. The molecule has 1 saturated heterocycles. The van der Waals surface area contributed by atoms with E-state index in [0.717, 1.165) is 13.1 Å². The SMILES string of the molecule is NC(=NCC(O)c1ccc(Cl)c(F)c1)N1CCN(c2ncccn2)CC1. The fourth-order valence-corrected chi connectivity index (χ4v) is 2.81. The van der Waals surface area contributed by atoms with Crippen molar-refractivity contribution >= 4 is 23.5 Å². The molecule has 1 aliphatic heterocycles. The lowest BCUT2D eigenvalue weighted by atomic mass is 10.1. The molecule has 1 atom stereocenters. The third-order valence-electron chi connectivity index (χ3n) is 4.19. The molecule has 3 N–H and O–H groups in total. The van der Waals surface area contributed by atoms with Crippen LogP contribution >= 0.6 is 11.6 Å². The number of rotatable bonds is 4. The second-order valence-electron chi connectivity index (χ2n) is 5.91. The molecule has 138 valence electrons. The van der Waals surface area contributed by atoms with Crippen molar-refractivity contribution in [2.75, 3.05) is 37.6 Å². The number of guanidine groups is 1. The second kappa shape index (κ2) is 8.29. The standard InChI is InChI=1S/C17H20ClFN6O/c18-13-3-2-12(10-14(13)19)15(26)11-23-16(20)24-6-8-25(9-7-24)17-21-4-1-5-22-17/h1-5,10,15,26H,6-9,11H2,(H2,20,23). The van der Waals surface area contributed by atoms with Crippen LogP contribution in [-0.2, 0) is 0 Å². The van der Waals surface area contributed by atoms with E-state index in [1.165, 1.54) is 12.1 Å². The van der Waals surface area contributed by atoms with Crippen molar-refractivity contribution in [2.45, 2.75) is 6.10 Å². The van der Waals surface area contributed by atoms with Crippen LogP contribution in [-0.4, -0.2) is 58.7 Å². The Labute approximate surface area is 155 Å². The van der Waals surface area contributed by atoms with Crippen LogP contribution in [0.1, 0.15) is 11.7 Å². The molecule has 0 radical (unpaired) electrons. The maximum atomic E-state index is 13.5. The van der Waals surface area contributed by atoms with Gasteiger partial charge in [0.1, 0.15) is 5.82 Å². The molecule has 2 aromatic rings. The lowest BCUT2D eigenvalue weighted by Gasteiger charge is -2.35. The Bertz CT molecular complexity index is 767. The maximum absolute atomic E-state index is 13.5. The lowest BCUT2D eigenvalue weighted by molar-refractivity contribution is 0.186. The molecule has 1 aromatic carbocycles. The highest BCUT2D eigenvalue weighted by Gasteiger charge is 2.20. The highest BCUT2D eigenvalue weighted by atomic mass is 35.5. The molecular weight excluding hydrogens is 359 g/mol. The molecule has 2 heterocycles. The van der Waals surface area contributed by atoms with Crippen LogP contribution in [0.15, 0.2) is 41.7 Å². The molecule has 0 spiro atoms. The van der Waals surface area contributed by atoms with Crippen molar-refractivity contribution in [3.05, 3.63) is 53.1 Å². The number of aliphatic hydroxyl groups is 1. The normalized spacial score (nSPS) is 16.7. The summed E-state index contributed by atoms with van der Waals surface area (Å²) in [6, 6.07) is 5.97. The predicted octanol–water partition coefficient (Wildman–Crippen LogP) is 1.44. The molecule has 3 rings (SSSR count). The van der Waals surface area contributed by atoms with E-state index in [4.69, 9.17) is 17.3 Å². The summed E-state index contributed by atoms with van der Waals surface area (Å²) in [6.45, 7) is 2.86. The van der Waals surface area contributed by atoms with E-state index in [2.05, 4.69) is 19.9 Å². The molecule has 0 amide bonds. The number of halogens is 2. The molecule has 0 bridgehead atoms. The summed E-state index contributed by atoms with van der Waals surface area (Å²) in [4.78, 5) is 16.7. The summed E-state index contributed by atoms with van der Waals surface area (Å²) in [5, 5.41) is 10.2. The summed E-state index contributed by atoms with van der Waals surface area (Å²) >= 11 is 5.65. The van der Waals surface area contributed by atoms with E-state index < -0.39 is 11.9 Å². The minimum atomic E-state index is -0.945. The van der Waals surface area contributed by atoms with E-state index in [1.807, 2.05) is 4.90 Å². The Morgan fingerprint density at radius 1 is 1.27 bits per heavy atom. The Kier molecular flexibility index (Phi) is 5.85. The third-order valence-corrected chi connectivity index (χ3v) is 4.50. The molecule has 0 saturated carbocycles. The summed E-state index contributed by atoms with van der Waals surface area (Å²) in [5.41, 5.74) is 6.44. The highest BCUT2D eigenvalue weighted by Crippen LogP contribution is 2.20. The maximum Gasteiger partial charge on any atom is 0.225 e. The Hall–Kier alpha value is -2.45. The second-order valence-corrected chi connectivity index (χ2v) is 6.32. The number of hydrogen-bond acceptors (Lipinski definition) is 5. The van der Waals surface area contributed by atoms with Crippen LogP contribution in [0.25, 0.3) is 0 Å². The number of aliphatic hydroxyl groups excluding tert-OH is 1. The number of piperazine rings is 1. The van der Waals surface area contributed by atoms with E-state index in [1.54, 1.807) is 24.5 Å². The van der Waals surface area contributed by atoms with Crippen molar-refractivity contribution in [2.24, 2.45) is 10.7 Å². The molecule has 9 heteroatoms. The van der Waals surface area contributed by atoms with Gasteiger partial charge < -0.3 is 20.6 Å². The van der Waals surface area contributed by atoms with Crippen LogP contribution in [0.2, 0.25) is 5.02 Å². The first kappa shape index (κ1) is 18.3. The smallest absolute Gasteiger partial charge is 0.225 e. The van der Waals surface area contributed by atoms with E-state index in [9.17, 15) is 9.50 Å². The number of aliphatic imine (C=N–C) groups is 1. The van der Waals surface area contributed by atoms with Gasteiger partial charge in [-0.1, -0.05) is 17.7 Å². The van der Waals surface area contributed by atoms with Crippen molar-refractivity contribution < 1.29 is 9.50 Å². The van der Waals surface area contributed by atoms with Crippen LogP contribution in [0.4, 0.5) is 10.3 Å². The predicted molar refractivity (Wildman–Crippen MR) is 98.7 cm³/mol. The minimum Gasteiger partial charge on any atom is -0.386 e. The largest absolute Gasteiger partial charge is 0.386 e. The molecule has 26 heavy (non-hydrogen) atoms. The van der Waals surface area contributed by atoms with Crippen molar-refractivity contribution in [1.29, 1.82) is 0 Å². The van der Waals surface area contributed by atoms with Crippen LogP contribution in [0.5, 0.6) is 0 Å². The number of hydrogen-bond donors (Lipinski definition) is 2. The summed E-state index contributed by atoms with van der Waals surface area (Å²) < 4.78 is 13.5. The zero-order valence-electron chi connectivity index (χ0n) is 14.1. The van der Waals surface area contributed by atoms with Crippen LogP contribution in [0.3, 0.4) is 0 Å². The van der Waals surface area contributed by atoms with Gasteiger partial charge in [0.2, 0.25) is 5.95 Å². The van der Waals surface area contributed by atoms with Gasteiger partial charge in [0, 0.05) is 38.6 Å². The number of aromatic nitrogens is 2. The van der Waals surface area contributed by atoms with Crippen molar-refractivity contribution in [3.8, 4) is 0 Å². The molecular formula is C17H20ClFN6O. The average Bonchev–Trinajstić information content (AvgIpc) is 2.68. The molecule has 1 fully saturated rings. The minimum absolute atomic E-state index is 0.0178. The zero-order valence-corrected chi connectivity index (χ0v) is 14.8. The van der Waals surface area contributed by atoms with E-state index in [0.29, 0.717) is 30.6 Å².